The number of nitrogens with one attached hydrogen (secondary N) is 1. The average Bonchev–Trinajstić information content (AvgIpc) is 2.46. The molecular formula is C12H19N5O. The van der Waals surface area contributed by atoms with E-state index in [4.69, 9.17) is 5.73 Å². The lowest BCUT2D eigenvalue weighted by molar-refractivity contribution is -0.125. The number of nitrogens with zero attached hydrogens (tertiary/aromatic N) is 3. The number of aromatic nitrogens is 2. The summed E-state index contributed by atoms with van der Waals surface area (Å²) in [5, 5.41) is 10.8. The Morgan fingerprint density at radius 3 is 2.89 bits per heavy atom. The second-order valence-corrected chi connectivity index (χ2v) is 4.46. The number of piperidine rings is 1. The van der Waals surface area contributed by atoms with Crippen molar-refractivity contribution in [2.45, 2.75) is 19.4 Å². The second kappa shape index (κ2) is 5.77. The van der Waals surface area contributed by atoms with Gasteiger partial charge in [0.1, 0.15) is 0 Å². The Hall–Kier alpha value is -1.69. The molecule has 0 spiro atoms. The molecule has 0 radical (unpaired) electrons. The van der Waals surface area contributed by atoms with Gasteiger partial charge < -0.3 is 16.0 Å². The number of carbonyl (C=O) groups excluding carboxylic acids is 1. The highest BCUT2D eigenvalue weighted by Gasteiger charge is 2.25. The van der Waals surface area contributed by atoms with Gasteiger partial charge in [-0.3, -0.25) is 4.79 Å². The quantitative estimate of drug-likeness (QED) is 0.781. The molecule has 0 atom stereocenters. The summed E-state index contributed by atoms with van der Waals surface area (Å²) in [6.45, 7) is 2.10. The van der Waals surface area contributed by atoms with E-state index in [1.807, 2.05) is 6.07 Å². The Labute approximate surface area is 107 Å². The Kier molecular flexibility index (Phi) is 4.09. The van der Waals surface area contributed by atoms with Crippen LogP contribution in [0.1, 0.15) is 18.4 Å². The third kappa shape index (κ3) is 2.59. The molecule has 1 aromatic rings. The van der Waals surface area contributed by atoms with Crippen LogP contribution in [-0.4, -0.2) is 36.2 Å². The molecule has 1 fully saturated rings. The second-order valence-electron chi connectivity index (χ2n) is 4.46. The van der Waals surface area contributed by atoms with Crippen molar-refractivity contribution in [3.8, 4) is 0 Å². The van der Waals surface area contributed by atoms with E-state index in [9.17, 15) is 4.79 Å². The Balaban J connectivity index is 2.03. The van der Waals surface area contributed by atoms with Crippen molar-refractivity contribution in [2.75, 3.05) is 25.0 Å². The summed E-state index contributed by atoms with van der Waals surface area (Å²) in [5.74, 6) is 1.10. The number of carbonyl (C=O) groups is 1. The summed E-state index contributed by atoms with van der Waals surface area (Å²) in [5.41, 5.74) is 6.70. The number of hydrogen-bond donors (Lipinski definition) is 2. The summed E-state index contributed by atoms with van der Waals surface area (Å²) in [6, 6.07) is 1.90. The number of anilines is 1. The molecule has 2 heterocycles. The molecule has 6 heteroatoms. The molecule has 2 rings (SSSR count). The lowest BCUT2D eigenvalue weighted by Gasteiger charge is -2.32. The van der Waals surface area contributed by atoms with Gasteiger partial charge >= 0.3 is 0 Å². The van der Waals surface area contributed by atoms with Gasteiger partial charge in [-0.25, -0.2) is 0 Å². The predicted molar refractivity (Wildman–Crippen MR) is 68.9 cm³/mol. The summed E-state index contributed by atoms with van der Waals surface area (Å²) in [6.07, 6.45) is 3.35. The molecule has 1 saturated heterocycles. The number of rotatable bonds is 3. The SMILES string of the molecule is CNC(=O)C1CCN(c2nnccc2CN)CC1. The molecule has 1 amide bonds. The van der Waals surface area contributed by atoms with Crippen LogP contribution in [0, 0.1) is 5.92 Å². The Bertz CT molecular complexity index is 415. The summed E-state index contributed by atoms with van der Waals surface area (Å²) >= 11 is 0. The van der Waals surface area contributed by atoms with Gasteiger partial charge in [0.2, 0.25) is 5.91 Å². The van der Waals surface area contributed by atoms with Crippen molar-refractivity contribution in [1.29, 1.82) is 0 Å². The molecular weight excluding hydrogens is 230 g/mol. The van der Waals surface area contributed by atoms with Crippen LogP contribution >= 0.6 is 0 Å². The van der Waals surface area contributed by atoms with Gasteiger partial charge in [0.05, 0.1) is 6.20 Å². The third-order valence-corrected chi connectivity index (χ3v) is 3.41. The molecule has 0 bridgehead atoms. The highest BCUT2D eigenvalue weighted by Crippen LogP contribution is 2.23. The van der Waals surface area contributed by atoms with Crippen LogP contribution in [0.4, 0.5) is 5.82 Å². The minimum absolute atomic E-state index is 0.115. The highest BCUT2D eigenvalue weighted by atomic mass is 16.1. The minimum atomic E-state index is 0.115. The first-order valence-corrected chi connectivity index (χ1v) is 6.23. The maximum atomic E-state index is 11.6. The van der Waals surface area contributed by atoms with Gasteiger partial charge in [0.25, 0.3) is 0 Å². The predicted octanol–water partition coefficient (Wildman–Crippen LogP) is -0.102. The smallest absolute Gasteiger partial charge is 0.222 e. The molecule has 0 aromatic carbocycles. The minimum Gasteiger partial charge on any atom is -0.359 e. The summed E-state index contributed by atoms with van der Waals surface area (Å²) in [4.78, 5) is 13.7. The van der Waals surface area contributed by atoms with Gasteiger partial charge in [-0.15, -0.1) is 5.10 Å². The van der Waals surface area contributed by atoms with Crippen molar-refractivity contribution < 1.29 is 4.79 Å². The van der Waals surface area contributed by atoms with Gasteiger partial charge in [-0.05, 0) is 18.9 Å². The zero-order chi connectivity index (χ0) is 13.0. The van der Waals surface area contributed by atoms with Gasteiger partial charge in [-0.2, -0.15) is 5.10 Å². The van der Waals surface area contributed by atoms with E-state index in [0.29, 0.717) is 6.54 Å². The van der Waals surface area contributed by atoms with Crippen LogP contribution < -0.4 is 16.0 Å². The number of amides is 1. The van der Waals surface area contributed by atoms with Crippen LogP contribution in [0.3, 0.4) is 0 Å². The fourth-order valence-electron chi connectivity index (χ4n) is 2.33. The van der Waals surface area contributed by atoms with Crippen molar-refractivity contribution >= 4 is 11.7 Å². The first kappa shape index (κ1) is 12.8. The molecule has 0 aliphatic carbocycles. The van der Waals surface area contributed by atoms with E-state index in [2.05, 4.69) is 20.4 Å². The van der Waals surface area contributed by atoms with Gasteiger partial charge in [0.15, 0.2) is 5.82 Å². The van der Waals surface area contributed by atoms with Gasteiger partial charge in [-0.1, -0.05) is 0 Å². The topological polar surface area (TPSA) is 84.1 Å². The molecule has 0 saturated carbocycles. The van der Waals surface area contributed by atoms with Crippen LogP contribution in [0.5, 0.6) is 0 Å². The Morgan fingerprint density at radius 1 is 1.56 bits per heavy atom. The van der Waals surface area contributed by atoms with Crippen LogP contribution in [-0.2, 0) is 11.3 Å². The summed E-state index contributed by atoms with van der Waals surface area (Å²) in [7, 11) is 1.68. The van der Waals surface area contributed by atoms with Gasteiger partial charge in [0, 0.05) is 38.2 Å². The zero-order valence-corrected chi connectivity index (χ0v) is 10.6. The van der Waals surface area contributed by atoms with E-state index in [-0.39, 0.29) is 11.8 Å². The van der Waals surface area contributed by atoms with E-state index in [0.717, 1.165) is 37.3 Å². The van der Waals surface area contributed by atoms with Crippen LogP contribution in [0.2, 0.25) is 0 Å². The van der Waals surface area contributed by atoms with E-state index in [1.54, 1.807) is 13.2 Å². The van der Waals surface area contributed by atoms with Crippen molar-refractivity contribution in [2.24, 2.45) is 11.7 Å². The lowest BCUT2D eigenvalue weighted by atomic mass is 9.96. The standard InChI is InChI=1S/C12H19N5O/c1-14-12(18)9-3-6-17(7-4-9)11-10(8-13)2-5-15-16-11/h2,5,9H,3-4,6-8,13H2,1H3,(H,14,18). The molecule has 3 N–H and O–H groups in total. The zero-order valence-electron chi connectivity index (χ0n) is 10.6. The first-order valence-electron chi connectivity index (χ1n) is 6.23. The molecule has 1 aliphatic heterocycles. The molecule has 1 aliphatic rings. The lowest BCUT2D eigenvalue weighted by Crippen LogP contribution is -2.40. The molecule has 98 valence electrons. The normalized spacial score (nSPS) is 16.7. The monoisotopic (exact) mass is 249 g/mol. The third-order valence-electron chi connectivity index (χ3n) is 3.41. The maximum Gasteiger partial charge on any atom is 0.222 e. The van der Waals surface area contributed by atoms with E-state index >= 15 is 0 Å². The van der Waals surface area contributed by atoms with E-state index in [1.165, 1.54) is 0 Å². The van der Waals surface area contributed by atoms with Crippen LogP contribution in [0.25, 0.3) is 0 Å². The maximum absolute atomic E-state index is 11.6. The molecule has 6 nitrogen and oxygen atoms in total. The Morgan fingerprint density at radius 2 is 2.28 bits per heavy atom. The molecule has 1 aromatic heterocycles. The fourth-order valence-corrected chi connectivity index (χ4v) is 2.33. The highest BCUT2D eigenvalue weighted by molar-refractivity contribution is 5.78. The van der Waals surface area contributed by atoms with Crippen molar-refractivity contribution in [3.05, 3.63) is 17.8 Å². The van der Waals surface area contributed by atoms with E-state index < -0.39 is 0 Å². The van der Waals surface area contributed by atoms with Crippen molar-refractivity contribution in [1.82, 2.24) is 15.5 Å². The molecule has 0 unspecified atom stereocenters. The number of hydrogen-bond acceptors (Lipinski definition) is 5. The number of nitrogens with two attached hydrogens (primary N) is 1. The molecule has 18 heavy (non-hydrogen) atoms. The first-order chi connectivity index (χ1) is 8.76. The largest absolute Gasteiger partial charge is 0.359 e. The van der Waals surface area contributed by atoms with Crippen molar-refractivity contribution in [3.63, 3.8) is 0 Å². The van der Waals surface area contributed by atoms with Crippen LogP contribution in [0.15, 0.2) is 12.3 Å². The fraction of sp³-hybridized carbons (Fsp3) is 0.583. The summed E-state index contributed by atoms with van der Waals surface area (Å²) < 4.78 is 0. The average molecular weight is 249 g/mol.